The molecule has 0 radical (unpaired) electrons. The molecule has 0 saturated heterocycles. The van der Waals surface area contributed by atoms with Gasteiger partial charge in [-0.2, -0.15) is 0 Å². The Morgan fingerprint density at radius 3 is 2.31 bits per heavy atom. The molecule has 2 amide bonds. The number of benzene rings is 4. The van der Waals surface area contributed by atoms with Gasteiger partial charge in [-0.3, -0.25) is 13.9 Å². The topological polar surface area (TPSA) is 105 Å². The van der Waals surface area contributed by atoms with Crippen LogP contribution in [0.4, 0.5) is 10.1 Å². The number of halogens is 3. The first-order valence-electron chi connectivity index (χ1n) is 15.3. The van der Waals surface area contributed by atoms with Crippen molar-refractivity contribution in [3.8, 4) is 11.5 Å². The highest BCUT2D eigenvalue weighted by molar-refractivity contribution is 7.92. The molecule has 1 N–H and O–H groups in total. The van der Waals surface area contributed by atoms with E-state index in [1.165, 1.54) is 41.3 Å². The maximum Gasteiger partial charge on any atom is 0.264 e. The standard InChI is InChI=1S/C35H34Cl2FN3O6S/c1-2-16-39-35(43)31(19-24-6-4-3-5-7-24)40(22-25-8-9-26(36)20-30(25)37)34(42)23-41(28-12-10-27(38)11-13-28)48(44,45)29-14-15-32-33(21-29)47-18-17-46-32/h3-15,20-21,31H,2,16-19,22-23H2,1H3,(H,39,43)/t31-/m0/s1. The molecule has 13 heteroatoms. The van der Waals surface area contributed by atoms with Crippen LogP contribution in [0.3, 0.4) is 0 Å². The lowest BCUT2D eigenvalue weighted by molar-refractivity contribution is -0.140. The minimum Gasteiger partial charge on any atom is -0.486 e. The Bertz CT molecular complexity index is 1860. The van der Waals surface area contributed by atoms with Crippen LogP contribution < -0.4 is 19.1 Å². The van der Waals surface area contributed by atoms with Crippen molar-refractivity contribution in [3.05, 3.63) is 118 Å². The van der Waals surface area contributed by atoms with E-state index >= 15 is 0 Å². The Morgan fingerprint density at radius 2 is 1.62 bits per heavy atom. The van der Waals surface area contributed by atoms with Crippen LogP contribution in [0.15, 0.2) is 95.9 Å². The molecular weight excluding hydrogens is 680 g/mol. The van der Waals surface area contributed by atoms with Gasteiger partial charge >= 0.3 is 0 Å². The second-order valence-corrected chi connectivity index (χ2v) is 13.8. The number of hydrogen-bond donors (Lipinski definition) is 1. The summed E-state index contributed by atoms with van der Waals surface area (Å²) < 4.78 is 54.7. The Morgan fingerprint density at radius 1 is 0.917 bits per heavy atom. The number of hydrogen-bond acceptors (Lipinski definition) is 6. The monoisotopic (exact) mass is 713 g/mol. The summed E-state index contributed by atoms with van der Waals surface area (Å²) in [6.45, 7) is 1.98. The fourth-order valence-electron chi connectivity index (χ4n) is 5.20. The normalized spacial score (nSPS) is 13.0. The van der Waals surface area contributed by atoms with Crippen molar-refractivity contribution in [2.24, 2.45) is 0 Å². The lowest BCUT2D eigenvalue weighted by Crippen LogP contribution is -2.53. The zero-order valence-corrected chi connectivity index (χ0v) is 28.4. The molecular formula is C35H34Cl2FN3O6S. The third-order valence-corrected chi connectivity index (χ3v) is 10.0. The van der Waals surface area contributed by atoms with Crippen LogP contribution in [0.5, 0.6) is 11.5 Å². The van der Waals surface area contributed by atoms with Gasteiger partial charge in [0.1, 0.15) is 31.6 Å². The van der Waals surface area contributed by atoms with Crippen LogP contribution in [0.1, 0.15) is 24.5 Å². The highest BCUT2D eigenvalue weighted by Gasteiger charge is 2.35. The van der Waals surface area contributed by atoms with E-state index in [0.717, 1.165) is 22.0 Å². The van der Waals surface area contributed by atoms with E-state index in [0.29, 0.717) is 35.9 Å². The second kappa shape index (κ2) is 15.7. The SMILES string of the molecule is CCCNC(=O)[C@H](Cc1ccccc1)N(Cc1ccc(Cl)cc1Cl)C(=O)CN(c1ccc(F)cc1)S(=O)(=O)c1ccc2c(c1)OCCO2. The van der Waals surface area contributed by atoms with E-state index in [4.69, 9.17) is 32.7 Å². The molecule has 0 bridgehead atoms. The molecule has 0 aromatic heterocycles. The highest BCUT2D eigenvalue weighted by Crippen LogP contribution is 2.34. The number of carbonyl (C=O) groups excluding carboxylic acids is 2. The summed E-state index contributed by atoms with van der Waals surface area (Å²) >= 11 is 12.7. The lowest BCUT2D eigenvalue weighted by Gasteiger charge is -2.34. The number of sulfonamides is 1. The summed E-state index contributed by atoms with van der Waals surface area (Å²) in [5.74, 6) is -1.07. The van der Waals surface area contributed by atoms with Gasteiger partial charge in [-0.25, -0.2) is 12.8 Å². The molecule has 0 fully saturated rings. The molecule has 0 aliphatic carbocycles. The number of anilines is 1. The van der Waals surface area contributed by atoms with E-state index in [1.54, 1.807) is 12.1 Å². The van der Waals surface area contributed by atoms with Gasteiger partial charge in [0.05, 0.1) is 10.6 Å². The number of ether oxygens (including phenoxy) is 2. The molecule has 48 heavy (non-hydrogen) atoms. The van der Waals surface area contributed by atoms with Gasteiger partial charge in [-0.15, -0.1) is 0 Å². The molecule has 0 saturated carbocycles. The molecule has 0 unspecified atom stereocenters. The van der Waals surface area contributed by atoms with Crippen LogP contribution in [0.2, 0.25) is 10.0 Å². The van der Waals surface area contributed by atoms with Crippen molar-refractivity contribution < 1.29 is 31.9 Å². The molecule has 1 aliphatic rings. The van der Waals surface area contributed by atoms with Gasteiger partial charge in [0.15, 0.2) is 11.5 Å². The summed E-state index contributed by atoms with van der Waals surface area (Å²) in [5.41, 5.74) is 1.33. The number of fused-ring (bicyclic) bond motifs is 1. The molecule has 1 atom stereocenters. The maximum absolute atomic E-state index is 14.5. The number of amides is 2. The predicted octanol–water partition coefficient (Wildman–Crippen LogP) is 6.27. The molecule has 5 rings (SSSR count). The van der Waals surface area contributed by atoms with Gasteiger partial charge in [0.25, 0.3) is 10.0 Å². The van der Waals surface area contributed by atoms with E-state index in [9.17, 15) is 22.4 Å². The number of carbonyl (C=O) groups is 2. The van der Waals surface area contributed by atoms with E-state index in [1.807, 2.05) is 37.3 Å². The maximum atomic E-state index is 14.5. The first kappa shape index (κ1) is 35.0. The summed E-state index contributed by atoms with van der Waals surface area (Å²) in [6, 6.07) is 21.8. The van der Waals surface area contributed by atoms with Crippen LogP contribution in [0, 0.1) is 5.82 Å². The fourth-order valence-corrected chi connectivity index (χ4v) is 7.10. The molecule has 1 aliphatic heterocycles. The number of rotatable bonds is 13. The van der Waals surface area contributed by atoms with Crippen LogP contribution >= 0.6 is 23.2 Å². The van der Waals surface area contributed by atoms with Crippen molar-refractivity contribution in [1.29, 1.82) is 0 Å². The van der Waals surface area contributed by atoms with E-state index in [-0.39, 0.29) is 40.9 Å². The average Bonchev–Trinajstić information content (AvgIpc) is 3.09. The molecule has 4 aromatic carbocycles. The van der Waals surface area contributed by atoms with Gasteiger partial charge in [-0.1, -0.05) is 66.5 Å². The van der Waals surface area contributed by atoms with Gasteiger partial charge in [-0.05, 0) is 66.1 Å². The minimum atomic E-state index is -4.45. The molecule has 4 aromatic rings. The third-order valence-electron chi connectivity index (χ3n) is 7.67. The highest BCUT2D eigenvalue weighted by atomic mass is 35.5. The Balaban J connectivity index is 1.58. The summed E-state index contributed by atoms with van der Waals surface area (Å²) in [7, 11) is -4.45. The smallest absolute Gasteiger partial charge is 0.264 e. The second-order valence-electron chi connectivity index (χ2n) is 11.0. The minimum absolute atomic E-state index is 0.0409. The Kier molecular flexibility index (Phi) is 11.5. The van der Waals surface area contributed by atoms with Crippen LogP contribution in [0.25, 0.3) is 0 Å². The predicted molar refractivity (Wildman–Crippen MR) is 183 cm³/mol. The van der Waals surface area contributed by atoms with Gasteiger partial charge in [0, 0.05) is 35.6 Å². The Labute approximate surface area is 289 Å². The molecule has 9 nitrogen and oxygen atoms in total. The van der Waals surface area contributed by atoms with Crippen molar-refractivity contribution in [2.45, 2.75) is 37.2 Å². The van der Waals surface area contributed by atoms with E-state index in [2.05, 4.69) is 5.32 Å². The molecule has 0 spiro atoms. The van der Waals surface area contributed by atoms with Crippen LogP contribution in [-0.2, 0) is 32.6 Å². The summed E-state index contributed by atoms with van der Waals surface area (Å²) in [6.07, 6.45) is 0.797. The van der Waals surface area contributed by atoms with Crippen molar-refractivity contribution >= 4 is 50.7 Å². The largest absolute Gasteiger partial charge is 0.486 e. The Hall–Kier alpha value is -4.32. The van der Waals surface area contributed by atoms with Crippen molar-refractivity contribution in [3.63, 3.8) is 0 Å². The summed E-state index contributed by atoms with van der Waals surface area (Å²) in [5, 5.41) is 3.54. The van der Waals surface area contributed by atoms with Crippen LogP contribution in [-0.4, -0.2) is 57.5 Å². The van der Waals surface area contributed by atoms with Crippen molar-refractivity contribution in [1.82, 2.24) is 10.2 Å². The average molecular weight is 715 g/mol. The zero-order chi connectivity index (χ0) is 34.3. The lowest BCUT2D eigenvalue weighted by atomic mass is 10.0. The quantitative estimate of drug-likeness (QED) is 0.175. The summed E-state index contributed by atoms with van der Waals surface area (Å²) in [4.78, 5) is 29.5. The first-order chi connectivity index (χ1) is 23.1. The fraction of sp³-hybridized carbons (Fsp3) is 0.257. The first-order valence-corrected chi connectivity index (χ1v) is 17.5. The van der Waals surface area contributed by atoms with E-state index < -0.39 is 40.2 Å². The van der Waals surface area contributed by atoms with Gasteiger partial charge in [0.2, 0.25) is 11.8 Å². The van der Waals surface area contributed by atoms with Crippen molar-refractivity contribution in [2.75, 3.05) is 30.6 Å². The third kappa shape index (κ3) is 8.39. The molecule has 1 heterocycles. The molecule has 252 valence electrons. The van der Waals surface area contributed by atoms with Gasteiger partial charge < -0.3 is 19.7 Å². The zero-order valence-electron chi connectivity index (χ0n) is 26.1. The number of nitrogens with one attached hydrogen (secondary N) is 1. The number of nitrogens with zero attached hydrogens (tertiary/aromatic N) is 2.